The summed E-state index contributed by atoms with van der Waals surface area (Å²) in [6.07, 6.45) is 7.94. The molecule has 0 unspecified atom stereocenters. The van der Waals surface area contributed by atoms with Crippen molar-refractivity contribution in [1.82, 2.24) is 9.80 Å². The molecule has 0 radical (unpaired) electrons. The Morgan fingerprint density at radius 2 is 1.19 bits per heavy atom. The summed E-state index contributed by atoms with van der Waals surface area (Å²) in [5, 5.41) is 1.03. The maximum atomic E-state index is 6.25. The molecule has 0 atom stereocenters. The molecule has 2 aliphatic heterocycles. The number of hydrogen-bond acceptors (Lipinski definition) is 5. The minimum Gasteiger partial charge on any atom is -0.325 e. The van der Waals surface area contributed by atoms with E-state index in [2.05, 4.69) is 21.9 Å². The van der Waals surface area contributed by atoms with Gasteiger partial charge in [-0.25, -0.2) is 0 Å². The minimum atomic E-state index is -2.43. The highest BCUT2D eigenvalue weighted by molar-refractivity contribution is 8.13. The number of benzene rings is 1. The molecule has 2 fully saturated rings. The first kappa shape index (κ1) is 20.4. The van der Waals surface area contributed by atoms with Crippen LogP contribution < -0.4 is 5.30 Å². The third-order valence-corrected chi connectivity index (χ3v) is 8.55. The highest BCUT2D eigenvalue weighted by Crippen LogP contribution is 2.47. The molecule has 3 rings (SSSR count). The number of hydrogen-bond donors (Lipinski definition) is 0. The summed E-state index contributed by atoms with van der Waals surface area (Å²) in [5.74, 6) is 0. The van der Waals surface area contributed by atoms with Crippen molar-refractivity contribution in [3.63, 3.8) is 0 Å². The highest BCUT2D eigenvalue weighted by atomic mass is 32.5. The molecule has 6 heteroatoms. The predicted molar refractivity (Wildman–Crippen MR) is 113 cm³/mol. The van der Waals surface area contributed by atoms with Gasteiger partial charge in [-0.1, -0.05) is 31.0 Å². The second kappa shape index (κ2) is 10.9. The zero-order valence-corrected chi connectivity index (χ0v) is 17.6. The molecule has 0 aromatic heterocycles. The standard InChI is InChI=1S/C20H33N2O2PS/c26-25(20-10-4-1-5-11-20,23-18-16-21-12-6-2-7-13-21)24-19-17-22-14-8-3-9-15-22/h1,4-5,10-11H,2-3,6-9,12-19H2. The van der Waals surface area contributed by atoms with Crippen LogP contribution >= 0.6 is 6.49 Å². The fourth-order valence-electron chi connectivity index (χ4n) is 3.74. The second-order valence-electron chi connectivity index (χ2n) is 7.30. The van der Waals surface area contributed by atoms with Gasteiger partial charge in [0.25, 0.3) is 0 Å². The van der Waals surface area contributed by atoms with Gasteiger partial charge in [0.2, 0.25) is 6.49 Å². The lowest BCUT2D eigenvalue weighted by Crippen LogP contribution is -2.33. The molecule has 2 aliphatic rings. The van der Waals surface area contributed by atoms with Gasteiger partial charge in [0.05, 0.1) is 13.2 Å². The molecule has 0 saturated carbocycles. The molecule has 0 aliphatic carbocycles. The molecule has 2 heterocycles. The van der Waals surface area contributed by atoms with Crippen LogP contribution in [-0.2, 0) is 20.9 Å². The van der Waals surface area contributed by atoms with Crippen LogP contribution in [0.4, 0.5) is 0 Å². The molecule has 0 amide bonds. The van der Waals surface area contributed by atoms with Crippen molar-refractivity contribution >= 4 is 23.6 Å². The molecule has 1 aromatic carbocycles. The molecule has 4 nitrogen and oxygen atoms in total. The lowest BCUT2D eigenvalue weighted by Gasteiger charge is -2.30. The van der Waals surface area contributed by atoms with Gasteiger partial charge in [0, 0.05) is 18.4 Å². The fourth-order valence-corrected chi connectivity index (χ4v) is 6.11. The van der Waals surface area contributed by atoms with Crippen molar-refractivity contribution < 1.29 is 9.05 Å². The average molecular weight is 397 g/mol. The van der Waals surface area contributed by atoms with Gasteiger partial charge in [0.15, 0.2) is 0 Å². The Morgan fingerprint density at radius 3 is 1.65 bits per heavy atom. The van der Waals surface area contributed by atoms with E-state index in [4.69, 9.17) is 20.9 Å². The lowest BCUT2D eigenvalue weighted by molar-refractivity contribution is 0.159. The van der Waals surface area contributed by atoms with E-state index in [0.29, 0.717) is 13.2 Å². The maximum absolute atomic E-state index is 6.25. The second-order valence-corrected chi connectivity index (χ2v) is 10.8. The van der Waals surface area contributed by atoms with Crippen molar-refractivity contribution in [2.45, 2.75) is 38.5 Å². The van der Waals surface area contributed by atoms with Crippen LogP contribution in [-0.4, -0.2) is 62.3 Å². The van der Waals surface area contributed by atoms with E-state index in [1.54, 1.807) is 0 Å². The van der Waals surface area contributed by atoms with Crippen LogP contribution in [0, 0.1) is 0 Å². The first-order valence-electron chi connectivity index (χ1n) is 10.2. The fraction of sp³-hybridized carbons (Fsp3) is 0.700. The zero-order chi connectivity index (χ0) is 18.1. The maximum Gasteiger partial charge on any atom is 0.219 e. The van der Waals surface area contributed by atoms with Crippen molar-refractivity contribution in [1.29, 1.82) is 0 Å². The van der Waals surface area contributed by atoms with Gasteiger partial charge in [0.1, 0.15) is 0 Å². The number of nitrogens with zero attached hydrogens (tertiary/aromatic N) is 2. The van der Waals surface area contributed by atoms with E-state index in [-0.39, 0.29) is 0 Å². The number of rotatable bonds is 9. The molecule has 146 valence electrons. The smallest absolute Gasteiger partial charge is 0.219 e. The third kappa shape index (κ3) is 6.40. The van der Waals surface area contributed by atoms with Crippen LogP contribution in [0.5, 0.6) is 0 Å². The van der Waals surface area contributed by atoms with Gasteiger partial charge in [-0.05, 0) is 75.8 Å². The van der Waals surface area contributed by atoms with Crippen molar-refractivity contribution in [3.05, 3.63) is 30.3 Å². The zero-order valence-electron chi connectivity index (χ0n) is 15.9. The highest BCUT2D eigenvalue weighted by Gasteiger charge is 2.23. The summed E-state index contributed by atoms with van der Waals surface area (Å²) in [6, 6.07) is 10.2. The van der Waals surface area contributed by atoms with E-state index >= 15 is 0 Å². The molecule has 0 bridgehead atoms. The van der Waals surface area contributed by atoms with Crippen molar-refractivity contribution in [3.8, 4) is 0 Å². The summed E-state index contributed by atoms with van der Waals surface area (Å²) < 4.78 is 12.5. The van der Waals surface area contributed by atoms with Crippen molar-refractivity contribution in [2.24, 2.45) is 0 Å². The molecule has 0 N–H and O–H groups in total. The van der Waals surface area contributed by atoms with E-state index in [1.165, 1.54) is 64.7 Å². The van der Waals surface area contributed by atoms with Crippen LogP contribution in [0.2, 0.25) is 0 Å². The average Bonchev–Trinajstić information content (AvgIpc) is 2.70. The molecular formula is C20H33N2O2PS. The third-order valence-electron chi connectivity index (χ3n) is 5.31. The van der Waals surface area contributed by atoms with Crippen LogP contribution in [0.15, 0.2) is 30.3 Å². The van der Waals surface area contributed by atoms with E-state index < -0.39 is 6.49 Å². The molecule has 26 heavy (non-hydrogen) atoms. The quantitative estimate of drug-likeness (QED) is 0.594. The first-order valence-corrected chi connectivity index (χ1v) is 12.8. The Morgan fingerprint density at radius 1 is 0.731 bits per heavy atom. The Hall–Kier alpha value is -0.290. The van der Waals surface area contributed by atoms with Gasteiger partial charge >= 0.3 is 0 Å². The first-order chi connectivity index (χ1) is 12.8. The van der Waals surface area contributed by atoms with Crippen LogP contribution in [0.25, 0.3) is 0 Å². The summed E-state index contributed by atoms with van der Waals surface area (Å²) in [7, 11) is 0. The van der Waals surface area contributed by atoms with Crippen LogP contribution in [0.3, 0.4) is 0 Å². The Balaban J connectivity index is 1.52. The van der Waals surface area contributed by atoms with E-state index in [9.17, 15) is 0 Å². The number of piperidine rings is 2. The van der Waals surface area contributed by atoms with E-state index in [1.807, 2.05) is 18.2 Å². The predicted octanol–water partition coefficient (Wildman–Crippen LogP) is 3.63. The molecule has 1 aromatic rings. The molecule has 2 saturated heterocycles. The Bertz CT molecular complexity index is 532. The van der Waals surface area contributed by atoms with E-state index in [0.717, 1.165) is 18.4 Å². The minimum absolute atomic E-state index is 0.663. The monoisotopic (exact) mass is 396 g/mol. The van der Waals surface area contributed by atoms with Crippen molar-refractivity contribution in [2.75, 3.05) is 52.5 Å². The topological polar surface area (TPSA) is 24.9 Å². The SMILES string of the molecule is S=P(OCCN1CCCCC1)(OCCN1CCCCC1)c1ccccc1. The number of likely N-dealkylation sites (tertiary alicyclic amines) is 2. The van der Waals surface area contributed by atoms with Crippen LogP contribution in [0.1, 0.15) is 38.5 Å². The Kier molecular flexibility index (Phi) is 8.57. The summed E-state index contributed by atoms with van der Waals surface area (Å²) >= 11 is 5.93. The summed E-state index contributed by atoms with van der Waals surface area (Å²) in [4.78, 5) is 4.98. The lowest BCUT2D eigenvalue weighted by atomic mass is 10.1. The molecular weight excluding hydrogens is 363 g/mol. The molecule has 0 spiro atoms. The van der Waals surface area contributed by atoms with Gasteiger partial charge < -0.3 is 18.8 Å². The van der Waals surface area contributed by atoms with Gasteiger partial charge in [-0.2, -0.15) is 0 Å². The summed E-state index contributed by atoms with van der Waals surface area (Å²) in [5.41, 5.74) is 0. The largest absolute Gasteiger partial charge is 0.325 e. The van der Waals surface area contributed by atoms with Gasteiger partial charge in [-0.3, -0.25) is 0 Å². The Labute approximate surface area is 164 Å². The normalized spacial score (nSPS) is 20.3. The van der Waals surface area contributed by atoms with Gasteiger partial charge in [-0.15, -0.1) is 0 Å². The summed E-state index contributed by atoms with van der Waals surface area (Å²) in [6.45, 7) is 5.57.